The van der Waals surface area contributed by atoms with E-state index in [-0.39, 0.29) is 11.8 Å². The second-order valence-corrected chi connectivity index (χ2v) is 3.92. The number of hydrogen-bond donors (Lipinski definition) is 1. The summed E-state index contributed by atoms with van der Waals surface area (Å²) < 4.78 is 0. The highest BCUT2D eigenvalue weighted by Crippen LogP contribution is 2.30. The van der Waals surface area contributed by atoms with E-state index < -0.39 is 0 Å². The largest absolute Gasteiger partial charge is 0.324 e. The second-order valence-electron chi connectivity index (χ2n) is 3.53. The minimum Gasteiger partial charge on any atom is -0.324 e. The molecular weight excluding hydrogens is 200 g/mol. The molecule has 14 heavy (non-hydrogen) atoms. The van der Waals surface area contributed by atoms with E-state index in [0.29, 0.717) is 5.15 Å². The van der Waals surface area contributed by atoms with Crippen LogP contribution in [-0.2, 0) is 4.79 Å². The quantitative estimate of drug-likeness (QED) is 0.762. The Bertz CT molecular complexity index is 374. The molecule has 1 aliphatic carbocycles. The number of nitrogens with one attached hydrogen (secondary N) is 1. The standard InChI is InChI=1S/C10H11ClN2O/c1-6-8(4-5-9(11)12-6)13-10(14)7-2-3-7/h4-5,7H,2-3H2,1H3,(H,13,14). The van der Waals surface area contributed by atoms with Crippen LogP contribution in [0.15, 0.2) is 12.1 Å². The molecule has 0 unspecified atom stereocenters. The first kappa shape index (κ1) is 9.46. The molecule has 1 amide bonds. The van der Waals surface area contributed by atoms with Crippen molar-refractivity contribution in [2.75, 3.05) is 5.32 Å². The van der Waals surface area contributed by atoms with Crippen molar-refractivity contribution in [2.24, 2.45) is 5.92 Å². The number of rotatable bonds is 2. The van der Waals surface area contributed by atoms with E-state index in [9.17, 15) is 4.79 Å². The third kappa shape index (κ3) is 2.04. The predicted molar refractivity (Wildman–Crippen MR) is 55.3 cm³/mol. The van der Waals surface area contributed by atoms with Crippen molar-refractivity contribution >= 4 is 23.2 Å². The van der Waals surface area contributed by atoms with Crippen molar-refractivity contribution in [3.63, 3.8) is 0 Å². The summed E-state index contributed by atoms with van der Waals surface area (Å²) in [5, 5.41) is 3.29. The maximum Gasteiger partial charge on any atom is 0.227 e. The Labute approximate surface area is 87.5 Å². The maximum atomic E-state index is 11.4. The molecule has 74 valence electrons. The Morgan fingerprint density at radius 2 is 2.29 bits per heavy atom. The zero-order chi connectivity index (χ0) is 10.1. The monoisotopic (exact) mass is 210 g/mol. The normalized spacial score (nSPS) is 15.3. The van der Waals surface area contributed by atoms with Crippen molar-refractivity contribution in [3.8, 4) is 0 Å². The average molecular weight is 211 g/mol. The summed E-state index contributed by atoms with van der Waals surface area (Å²) in [4.78, 5) is 15.5. The number of halogens is 1. The molecule has 1 aromatic heterocycles. The van der Waals surface area contributed by atoms with Crippen LogP contribution in [0, 0.1) is 12.8 Å². The van der Waals surface area contributed by atoms with Crippen LogP contribution >= 0.6 is 11.6 Å². The number of carbonyl (C=O) groups is 1. The molecule has 0 bridgehead atoms. The van der Waals surface area contributed by atoms with Gasteiger partial charge in [0.1, 0.15) is 5.15 Å². The van der Waals surface area contributed by atoms with Crippen molar-refractivity contribution in [3.05, 3.63) is 23.0 Å². The maximum absolute atomic E-state index is 11.4. The molecule has 1 fully saturated rings. The lowest BCUT2D eigenvalue weighted by molar-refractivity contribution is -0.117. The van der Waals surface area contributed by atoms with E-state index in [1.165, 1.54) is 0 Å². The Kier molecular flexibility index (Phi) is 2.42. The van der Waals surface area contributed by atoms with Gasteiger partial charge in [-0.3, -0.25) is 4.79 Å². The third-order valence-electron chi connectivity index (χ3n) is 2.26. The summed E-state index contributed by atoms with van der Waals surface area (Å²) in [5.74, 6) is 0.308. The SMILES string of the molecule is Cc1nc(Cl)ccc1NC(=O)C1CC1. The fourth-order valence-electron chi connectivity index (χ4n) is 1.24. The first-order chi connectivity index (χ1) is 6.66. The zero-order valence-electron chi connectivity index (χ0n) is 7.88. The fraction of sp³-hybridized carbons (Fsp3) is 0.400. The first-order valence-electron chi connectivity index (χ1n) is 4.61. The van der Waals surface area contributed by atoms with Crippen LogP contribution in [0.1, 0.15) is 18.5 Å². The molecule has 0 spiro atoms. The summed E-state index contributed by atoms with van der Waals surface area (Å²) in [6, 6.07) is 3.46. The van der Waals surface area contributed by atoms with Crippen LogP contribution < -0.4 is 5.32 Å². The summed E-state index contributed by atoms with van der Waals surface area (Å²) in [6.07, 6.45) is 2.01. The number of amides is 1. The van der Waals surface area contributed by atoms with E-state index in [4.69, 9.17) is 11.6 Å². The highest BCUT2D eigenvalue weighted by atomic mass is 35.5. The predicted octanol–water partition coefficient (Wildman–Crippen LogP) is 2.39. The number of hydrogen-bond acceptors (Lipinski definition) is 2. The summed E-state index contributed by atoms with van der Waals surface area (Å²) in [5.41, 5.74) is 1.51. The highest BCUT2D eigenvalue weighted by molar-refractivity contribution is 6.29. The minimum absolute atomic E-state index is 0.0947. The molecule has 0 saturated heterocycles. The van der Waals surface area contributed by atoms with Crippen LogP contribution in [0.25, 0.3) is 0 Å². The molecule has 1 aliphatic rings. The molecule has 4 heteroatoms. The van der Waals surface area contributed by atoms with Gasteiger partial charge in [0, 0.05) is 5.92 Å². The van der Waals surface area contributed by atoms with Crippen LogP contribution in [0.5, 0.6) is 0 Å². The lowest BCUT2D eigenvalue weighted by Crippen LogP contribution is -2.14. The Morgan fingerprint density at radius 1 is 1.57 bits per heavy atom. The van der Waals surface area contributed by atoms with E-state index >= 15 is 0 Å². The number of nitrogens with zero attached hydrogens (tertiary/aromatic N) is 1. The van der Waals surface area contributed by atoms with Crippen LogP contribution in [-0.4, -0.2) is 10.9 Å². The molecule has 1 saturated carbocycles. The van der Waals surface area contributed by atoms with Gasteiger partial charge in [0.15, 0.2) is 0 Å². The molecule has 0 aromatic carbocycles. The van der Waals surface area contributed by atoms with Gasteiger partial charge >= 0.3 is 0 Å². The number of aromatic nitrogens is 1. The third-order valence-corrected chi connectivity index (χ3v) is 2.47. The van der Waals surface area contributed by atoms with Gasteiger partial charge in [-0.1, -0.05) is 11.6 Å². The molecule has 2 rings (SSSR count). The average Bonchev–Trinajstić information content (AvgIpc) is 2.92. The Morgan fingerprint density at radius 3 is 2.86 bits per heavy atom. The zero-order valence-corrected chi connectivity index (χ0v) is 8.64. The number of aryl methyl sites for hydroxylation is 1. The van der Waals surface area contributed by atoms with E-state index in [0.717, 1.165) is 24.2 Å². The topological polar surface area (TPSA) is 42.0 Å². The van der Waals surface area contributed by atoms with E-state index in [1.54, 1.807) is 12.1 Å². The van der Waals surface area contributed by atoms with Gasteiger partial charge < -0.3 is 5.32 Å². The minimum atomic E-state index is 0.0947. The molecule has 1 heterocycles. The van der Waals surface area contributed by atoms with Crippen LogP contribution in [0.2, 0.25) is 5.15 Å². The lowest BCUT2D eigenvalue weighted by atomic mass is 10.3. The molecule has 0 aliphatic heterocycles. The van der Waals surface area contributed by atoms with Gasteiger partial charge in [-0.15, -0.1) is 0 Å². The first-order valence-corrected chi connectivity index (χ1v) is 4.98. The van der Waals surface area contributed by atoms with Crippen LogP contribution in [0.3, 0.4) is 0 Å². The van der Waals surface area contributed by atoms with Gasteiger partial charge in [-0.05, 0) is 31.9 Å². The highest BCUT2D eigenvalue weighted by Gasteiger charge is 2.29. The number of carbonyl (C=O) groups excluding carboxylic acids is 1. The van der Waals surface area contributed by atoms with Gasteiger partial charge in [0.2, 0.25) is 5.91 Å². The van der Waals surface area contributed by atoms with E-state index in [1.807, 2.05) is 6.92 Å². The number of anilines is 1. The molecule has 0 atom stereocenters. The summed E-state index contributed by atoms with van der Waals surface area (Å²) in [6.45, 7) is 1.83. The molecule has 3 nitrogen and oxygen atoms in total. The Balaban J connectivity index is 2.11. The van der Waals surface area contributed by atoms with Gasteiger partial charge in [-0.2, -0.15) is 0 Å². The lowest BCUT2D eigenvalue weighted by Gasteiger charge is -2.06. The van der Waals surface area contributed by atoms with Gasteiger partial charge in [0.25, 0.3) is 0 Å². The molecular formula is C10H11ClN2O. The van der Waals surface area contributed by atoms with Gasteiger partial charge in [-0.25, -0.2) is 4.98 Å². The smallest absolute Gasteiger partial charge is 0.227 e. The van der Waals surface area contributed by atoms with Crippen molar-refractivity contribution in [1.82, 2.24) is 4.98 Å². The summed E-state index contributed by atoms with van der Waals surface area (Å²) in [7, 11) is 0. The van der Waals surface area contributed by atoms with Crippen molar-refractivity contribution < 1.29 is 4.79 Å². The van der Waals surface area contributed by atoms with Gasteiger partial charge in [0.05, 0.1) is 11.4 Å². The Hall–Kier alpha value is -1.09. The van der Waals surface area contributed by atoms with Crippen LogP contribution in [0.4, 0.5) is 5.69 Å². The number of pyridine rings is 1. The second kappa shape index (κ2) is 3.58. The van der Waals surface area contributed by atoms with Crippen molar-refractivity contribution in [2.45, 2.75) is 19.8 Å². The molecule has 0 radical (unpaired) electrons. The fourth-order valence-corrected chi connectivity index (χ4v) is 1.43. The molecule has 1 N–H and O–H groups in total. The van der Waals surface area contributed by atoms with E-state index in [2.05, 4.69) is 10.3 Å². The van der Waals surface area contributed by atoms with Crippen molar-refractivity contribution in [1.29, 1.82) is 0 Å². The molecule has 1 aromatic rings. The summed E-state index contributed by atoms with van der Waals surface area (Å²) >= 11 is 5.70.